The van der Waals surface area contributed by atoms with E-state index in [1.54, 1.807) is 4.57 Å². The third kappa shape index (κ3) is 6.71. The minimum absolute atomic E-state index is 0.317. The number of aromatic nitrogens is 4. The molecule has 9 nitrogen and oxygen atoms in total. The summed E-state index contributed by atoms with van der Waals surface area (Å²) in [5.41, 5.74) is 9.09. The van der Waals surface area contributed by atoms with E-state index in [0.29, 0.717) is 55.9 Å². The van der Waals surface area contributed by atoms with Gasteiger partial charge >= 0.3 is 5.69 Å². The van der Waals surface area contributed by atoms with Crippen LogP contribution in [0.3, 0.4) is 0 Å². The van der Waals surface area contributed by atoms with Crippen molar-refractivity contribution in [3.63, 3.8) is 0 Å². The molecule has 2 aromatic heterocycles. The normalized spacial score (nSPS) is 13.1. The summed E-state index contributed by atoms with van der Waals surface area (Å²) < 4.78 is 4.94. The number of imidazole rings is 1. The quantitative estimate of drug-likeness (QED) is 0.163. The fourth-order valence-electron chi connectivity index (χ4n) is 5.14. The van der Waals surface area contributed by atoms with Crippen LogP contribution in [-0.4, -0.2) is 36.4 Å². The average Bonchev–Trinajstić information content (AvgIpc) is 3.32. The maximum Gasteiger partial charge on any atom is 0.332 e. The monoisotopic (exact) mass is 546 g/mol. The second kappa shape index (κ2) is 13.6. The molecular weight excluding hydrogens is 504 g/mol. The zero-order valence-corrected chi connectivity index (χ0v) is 23.8. The minimum Gasteiger partial charge on any atom is -0.399 e. The van der Waals surface area contributed by atoms with Crippen LogP contribution in [0.2, 0.25) is 0 Å². The van der Waals surface area contributed by atoms with Crippen molar-refractivity contribution in [3.05, 3.63) is 92.4 Å². The number of nitrogens with one attached hydrogen (secondary N) is 1. The second-order valence-corrected chi connectivity index (χ2v) is 10.5. The molecule has 40 heavy (non-hydrogen) atoms. The van der Waals surface area contributed by atoms with Crippen molar-refractivity contribution in [2.24, 2.45) is 0 Å². The van der Waals surface area contributed by atoms with Crippen LogP contribution in [0, 0.1) is 0 Å². The van der Waals surface area contributed by atoms with Gasteiger partial charge in [0, 0.05) is 31.7 Å². The highest BCUT2D eigenvalue weighted by Crippen LogP contribution is 2.20. The van der Waals surface area contributed by atoms with Gasteiger partial charge in [-0.15, -0.1) is 0 Å². The van der Waals surface area contributed by atoms with Crippen molar-refractivity contribution in [2.45, 2.75) is 84.7 Å². The lowest BCUT2D eigenvalue weighted by molar-refractivity contribution is 0.159. The Bertz CT molecular complexity index is 1520. The molecular formula is C31H42N6O3. The van der Waals surface area contributed by atoms with Gasteiger partial charge in [-0.1, -0.05) is 56.3 Å². The maximum atomic E-state index is 13.8. The van der Waals surface area contributed by atoms with Gasteiger partial charge < -0.3 is 15.4 Å². The molecule has 2 atom stereocenters. The highest BCUT2D eigenvalue weighted by Gasteiger charge is 2.24. The number of benzene rings is 2. The molecule has 2 aromatic carbocycles. The van der Waals surface area contributed by atoms with Gasteiger partial charge in [-0.25, -0.2) is 9.78 Å². The van der Waals surface area contributed by atoms with Crippen molar-refractivity contribution in [1.82, 2.24) is 24.0 Å². The van der Waals surface area contributed by atoms with Gasteiger partial charge in [0.2, 0.25) is 0 Å². The third-order valence-corrected chi connectivity index (χ3v) is 7.34. The zero-order valence-electron chi connectivity index (χ0n) is 23.8. The maximum absolute atomic E-state index is 13.8. The number of aryl methyl sites for hydroxylation is 2. The molecule has 0 fully saturated rings. The van der Waals surface area contributed by atoms with Gasteiger partial charge in [-0.3, -0.25) is 19.2 Å². The molecule has 0 aliphatic heterocycles. The predicted octanol–water partition coefficient (Wildman–Crippen LogP) is 3.84. The van der Waals surface area contributed by atoms with E-state index in [1.807, 2.05) is 73.9 Å². The van der Waals surface area contributed by atoms with Crippen molar-refractivity contribution in [1.29, 1.82) is 0 Å². The van der Waals surface area contributed by atoms with Crippen molar-refractivity contribution >= 4 is 16.9 Å². The lowest BCUT2D eigenvalue weighted by atomic mass is 10.1. The summed E-state index contributed by atoms with van der Waals surface area (Å²) in [5, 5.41) is 13.6. The average molecular weight is 547 g/mol. The molecule has 4 N–H and O–H groups in total. The number of nitrogens with zero attached hydrogens (tertiary/aromatic N) is 4. The fraction of sp³-hybridized carbons (Fsp3) is 0.452. The van der Waals surface area contributed by atoms with Gasteiger partial charge in [0.15, 0.2) is 11.2 Å². The van der Waals surface area contributed by atoms with Crippen LogP contribution in [0.15, 0.2) is 64.2 Å². The summed E-state index contributed by atoms with van der Waals surface area (Å²) in [6, 6.07) is 17.8. The first-order valence-electron chi connectivity index (χ1n) is 14.4. The molecule has 2 unspecified atom stereocenters. The number of rotatable bonds is 14. The van der Waals surface area contributed by atoms with E-state index in [2.05, 4.69) is 11.4 Å². The molecule has 0 aliphatic rings. The van der Waals surface area contributed by atoms with E-state index in [0.717, 1.165) is 36.1 Å². The van der Waals surface area contributed by atoms with Gasteiger partial charge in [0.05, 0.1) is 12.3 Å². The number of aliphatic hydroxyl groups excluding tert-OH is 1. The Hall–Kier alpha value is -3.69. The number of nitrogens with two attached hydrogens (primary N) is 1. The van der Waals surface area contributed by atoms with E-state index in [4.69, 9.17) is 10.7 Å². The standard InChI is InChI=1S/C31H42N6O3/c1-4-17-36-30(39)28-29(35(31(36)40)18-10-9-14-23-15-11-16-25(32)19-23)34-27(20-24-12-7-6-8-13-24)37(28)22(3)33-21-26(38)5-2/h6-8,11-13,15-16,19,22,26,33,38H,4-5,9-10,14,17-18,20-21,32H2,1-3H3. The molecule has 0 bridgehead atoms. The van der Waals surface area contributed by atoms with Gasteiger partial charge in [0.1, 0.15) is 5.82 Å². The number of unbranched alkanes of at least 4 members (excludes halogenated alkanes) is 1. The summed E-state index contributed by atoms with van der Waals surface area (Å²) in [4.78, 5) is 32.4. The largest absolute Gasteiger partial charge is 0.399 e. The predicted molar refractivity (Wildman–Crippen MR) is 161 cm³/mol. The molecule has 4 aromatic rings. The first-order valence-corrected chi connectivity index (χ1v) is 14.4. The Morgan fingerprint density at radius 1 is 0.975 bits per heavy atom. The molecule has 0 saturated carbocycles. The lowest BCUT2D eigenvalue weighted by Gasteiger charge is -2.21. The summed E-state index contributed by atoms with van der Waals surface area (Å²) in [7, 11) is 0. The van der Waals surface area contributed by atoms with E-state index in [1.165, 1.54) is 4.57 Å². The number of aliphatic hydroxyl groups is 1. The molecule has 9 heteroatoms. The van der Waals surface area contributed by atoms with Crippen LogP contribution in [0.25, 0.3) is 11.2 Å². The first kappa shape index (κ1) is 29.3. The fourth-order valence-corrected chi connectivity index (χ4v) is 5.14. The second-order valence-electron chi connectivity index (χ2n) is 10.5. The minimum atomic E-state index is -0.496. The highest BCUT2D eigenvalue weighted by atomic mass is 16.3. The van der Waals surface area contributed by atoms with Crippen LogP contribution in [0.1, 0.15) is 69.6 Å². The van der Waals surface area contributed by atoms with E-state index < -0.39 is 6.10 Å². The Labute approximate surface area is 235 Å². The Balaban J connectivity index is 1.76. The molecule has 0 aliphatic carbocycles. The number of fused-ring (bicyclic) bond motifs is 1. The van der Waals surface area contributed by atoms with Crippen molar-refractivity contribution < 1.29 is 5.11 Å². The summed E-state index contributed by atoms with van der Waals surface area (Å²) in [5.74, 6) is 0.700. The molecule has 0 saturated heterocycles. The van der Waals surface area contributed by atoms with Crippen molar-refractivity contribution in [3.8, 4) is 0 Å². The lowest BCUT2D eigenvalue weighted by Crippen LogP contribution is -2.41. The molecule has 0 spiro atoms. The highest BCUT2D eigenvalue weighted by molar-refractivity contribution is 5.71. The Morgan fingerprint density at radius 2 is 1.73 bits per heavy atom. The van der Waals surface area contributed by atoms with Gasteiger partial charge in [-0.2, -0.15) is 0 Å². The first-order chi connectivity index (χ1) is 19.3. The van der Waals surface area contributed by atoms with Crippen LogP contribution < -0.4 is 22.3 Å². The third-order valence-electron chi connectivity index (χ3n) is 7.34. The summed E-state index contributed by atoms with van der Waals surface area (Å²) in [6.07, 6.45) is 3.46. The van der Waals surface area contributed by atoms with E-state index >= 15 is 0 Å². The molecule has 2 heterocycles. The molecule has 0 radical (unpaired) electrons. The Kier molecular flexibility index (Phi) is 9.95. The van der Waals surface area contributed by atoms with Crippen LogP contribution in [-0.2, 0) is 25.9 Å². The Morgan fingerprint density at radius 3 is 2.42 bits per heavy atom. The van der Waals surface area contributed by atoms with Crippen LogP contribution in [0.4, 0.5) is 5.69 Å². The smallest absolute Gasteiger partial charge is 0.332 e. The topological polar surface area (TPSA) is 120 Å². The SMILES string of the molecule is CCCn1c(=O)c2c(nc(Cc3ccccc3)n2C(C)NCC(O)CC)n(CCCCc2cccc(N)c2)c1=O. The van der Waals surface area contributed by atoms with Crippen LogP contribution >= 0.6 is 0 Å². The number of hydrogen-bond acceptors (Lipinski definition) is 6. The van der Waals surface area contributed by atoms with E-state index in [9.17, 15) is 14.7 Å². The number of hydrogen-bond donors (Lipinski definition) is 3. The van der Waals surface area contributed by atoms with Crippen LogP contribution in [0.5, 0.6) is 0 Å². The molecule has 4 rings (SSSR count). The molecule has 214 valence electrons. The zero-order chi connectivity index (χ0) is 28.6. The number of anilines is 1. The van der Waals surface area contributed by atoms with Gasteiger partial charge in [-0.05, 0) is 62.3 Å². The number of nitrogen functional groups attached to an aromatic ring is 1. The van der Waals surface area contributed by atoms with Gasteiger partial charge in [0.25, 0.3) is 5.56 Å². The summed E-state index contributed by atoms with van der Waals surface area (Å²) in [6.45, 7) is 7.03. The van der Waals surface area contributed by atoms with Crippen molar-refractivity contribution in [2.75, 3.05) is 12.3 Å². The van der Waals surface area contributed by atoms with E-state index in [-0.39, 0.29) is 17.4 Å². The summed E-state index contributed by atoms with van der Waals surface area (Å²) >= 11 is 0. The molecule has 0 amide bonds.